The van der Waals surface area contributed by atoms with Crippen molar-refractivity contribution in [3.8, 4) is 11.8 Å². The molecule has 0 amide bonds. The molecule has 21 heavy (non-hydrogen) atoms. The molecule has 0 saturated carbocycles. The average molecular weight is 287 g/mol. The standard InChI is InChI=1S/C17H21NO3/c1-5-6-9-21-17(19)15(11-18)10-14-7-8-16(20-4)13(3)12(14)2/h7-8,10H,5-6,9H2,1-4H3/b15-10+. The van der Waals surface area contributed by atoms with Crippen LogP contribution in [-0.2, 0) is 9.53 Å². The minimum absolute atomic E-state index is 0.0127. The molecule has 0 spiro atoms. The summed E-state index contributed by atoms with van der Waals surface area (Å²) >= 11 is 0. The van der Waals surface area contributed by atoms with Gasteiger partial charge in [-0.1, -0.05) is 19.4 Å². The van der Waals surface area contributed by atoms with Gasteiger partial charge in [-0.25, -0.2) is 4.79 Å². The summed E-state index contributed by atoms with van der Waals surface area (Å²) in [6, 6.07) is 5.56. The molecule has 0 aliphatic carbocycles. The molecule has 0 bridgehead atoms. The molecule has 0 aliphatic rings. The molecule has 1 aromatic rings. The van der Waals surface area contributed by atoms with Gasteiger partial charge in [-0.3, -0.25) is 0 Å². The molecule has 0 saturated heterocycles. The van der Waals surface area contributed by atoms with Crippen LogP contribution in [0.3, 0.4) is 0 Å². The second-order valence-corrected chi connectivity index (χ2v) is 4.77. The van der Waals surface area contributed by atoms with Gasteiger partial charge in [0, 0.05) is 0 Å². The predicted molar refractivity (Wildman–Crippen MR) is 81.9 cm³/mol. The van der Waals surface area contributed by atoms with Gasteiger partial charge in [0.1, 0.15) is 17.4 Å². The maximum Gasteiger partial charge on any atom is 0.348 e. The van der Waals surface area contributed by atoms with Gasteiger partial charge in [-0.05, 0) is 49.1 Å². The van der Waals surface area contributed by atoms with Crippen molar-refractivity contribution in [2.24, 2.45) is 0 Å². The number of esters is 1. The van der Waals surface area contributed by atoms with Crippen LogP contribution in [0.4, 0.5) is 0 Å². The quantitative estimate of drug-likeness (QED) is 0.347. The number of ether oxygens (including phenoxy) is 2. The average Bonchev–Trinajstić information content (AvgIpc) is 2.49. The van der Waals surface area contributed by atoms with Gasteiger partial charge in [0.2, 0.25) is 0 Å². The number of carbonyl (C=O) groups is 1. The van der Waals surface area contributed by atoms with Crippen molar-refractivity contribution < 1.29 is 14.3 Å². The highest BCUT2D eigenvalue weighted by molar-refractivity contribution is 5.98. The van der Waals surface area contributed by atoms with Crippen LogP contribution in [0.5, 0.6) is 5.75 Å². The van der Waals surface area contributed by atoms with E-state index < -0.39 is 5.97 Å². The normalized spacial score (nSPS) is 10.9. The minimum Gasteiger partial charge on any atom is -0.496 e. The molecule has 0 radical (unpaired) electrons. The Balaban J connectivity index is 3.01. The lowest BCUT2D eigenvalue weighted by Crippen LogP contribution is -2.08. The molecule has 112 valence electrons. The van der Waals surface area contributed by atoms with Crippen LogP contribution >= 0.6 is 0 Å². The Morgan fingerprint density at radius 2 is 2.05 bits per heavy atom. The van der Waals surface area contributed by atoms with Crippen molar-refractivity contribution in [3.05, 3.63) is 34.4 Å². The summed E-state index contributed by atoms with van der Waals surface area (Å²) in [5.41, 5.74) is 2.79. The molecule has 4 nitrogen and oxygen atoms in total. The maximum absolute atomic E-state index is 11.8. The third kappa shape index (κ3) is 4.35. The molecule has 0 N–H and O–H groups in total. The lowest BCUT2D eigenvalue weighted by Gasteiger charge is -2.10. The van der Waals surface area contributed by atoms with E-state index in [1.807, 2.05) is 39.0 Å². The van der Waals surface area contributed by atoms with E-state index in [4.69, 9.17) is 14.7 Å². The fourth-order valence-corrected chi connectivity index (χ4v) is 1.87. The lowest BCUT2D eigenvalue weighted by atomic mass is 10.0. The largest absolute Gasteiger partial charge is 0.496 e. The highest BCUT2D eigenvalue weighted by Gasteiger charge is 2.12. The second-order valence-electron chi connectivity index (χ2n) is 4.77. The van der Waals surface area contributed by atoms with E-state index in [1.54, 1.807) is 13.2 Å². The molecule has 1 aromatic carbocycles. The number of methoxy groups -OCH3 is 1. The Morgan fingerprint density at radius 3 is 2.62 bits per heavy atom. The van der Waals surface area contributed by atoms with Gasteiger partial charge in [-0.2, -0.15) is 5.26 Å². The van der Waals surface area contributed by atoms with E-state index in [9.17, 15) is 4.79 Å². The Bertz CT molecular complexity index is 582. The molecule has 1 rings (SSSR count). The van der Waals surface area contributed by atoms with E-state index in [1.165, 1.54) is 0 Å². The van der Waals surface area contributed by atoms with Crippen LogP contribution in [0.1, 0.15) is 36.5 Å². The van der Waals surface area contributed by atoms with Crippen molar-refractivity contribution in [2.75, 3.05) is 13.7 Å². The molecular weight excluding hydrogens is 266 g/mol. The fourth-order valence-electron chi connectivity index (χ4n) is 1.87. The monoisotopic (exact) mass is 287 g/mol. The van der Waals surface area contributed by atoms with Crippen LogP contribution < -0.4 is 4.74 Å². The summed E-state index contributed by atoms with van der Waals surface area (Å²) in [4.78, 5) is 11.8. The maximum atomic E-state index is 11.8. The Hall–Kier alpha value is -2.28. The number of nitriles is 1. The zero-order valence-electron chi connectivity index (χ0n) is 13.0. The topological polar surface area (TPSA) is 59.3 Å². The Labute approximate surface area is 126 Å². The zero-order valence-corrected chi connectivity index (χ0v) is 13.0. The second kappa shape index (κ2) is 8.11. The number of nitrogens with zero attached hydrogens (tertiary/aromatic N) is 1. The molecular formula is C17H21NO3. The highest BCUT2D eigenvalue weighted by atomic mass is 16.5. The lowest BCUT2D eigenvalue weighted by molar-refractivity contribution is -0.138. The first kappa shape index (κ1) is 16.8. The first-order valence-electron chi connectivity index (χ1n) is 6.98. The third-order valence-corrected chi connectivity index (χ3v) is 3.37. The zero-order chi connectivity index (χ0) is 15.8. The third-order valence-electron chi connectivity index (χ3n) is 3.37. The smallest absolute Gasteiger partial charge is 0.348 e. The van der Waals surface area contributed by atoms with Crippen LogP contribution in [0, 0.1) is 25.2 Å². The summed E-state index contributed by atoms with van der Waals surface area (Å²) in [5, 5.41) is 9.13. The summed E-state index contributed by atoms with van der Waals surface area (Å²) in [6.45, 7) is 6.23. The SMILES string of the molecule is CCCCOC(=O)/C(C#N)=C/c1ccc(OC)c(C)c1C. The molecule has 4 heteroatoms. The van der Waals surface area contributed by atoms with Crippen LogP contribution in [0.2, 0.25) is 0 Å². The molecule has 0 aromatic heterocycles. The molecule has 0 fully saturated rings. The first-order chi connectivity index (χ1) is 10.0. The van der Waals surface area contributed by atoms with Crippen LogP contribution in [-0.4, -0.2) is 19.7 Å². The van der Waals surface area contributed by atoms with Crippen molar-refractivity contribution in [3.63, 3.8) is 0 Å². The first-order valence-corrected chi connectivity index (χ1v) is 6.98. The van der Waals surface area contributed by atoms with Crippen LogP contribution in [0.15, 0.2) is 17.7 Å². The van der Waals surface area contributed by atoms with Gasteiger partial charge in [-0.15, -0.1) is 0 Å². The molecule has 0 unspecified atom stereocenters. The van der Waals surface area contributed by atoms with Gasteiger partial charge in [0.15, 0.2) is 0 Å². The number of hydrogen-bond donors (Lipinski definition) is 0. The number of benzene rings is 1. The van der Waals surface area contributed by atoms with Crippen molar-refractivity contribution in [2.45, 2.75) is 33.6 Å². The summed E-state index contributed by atoms with van der Waals surface area (Å²) in [6.07, 6.45) is 3.30. The van der Waals surface area contributed by atoms with Gasteiger partial charge >= 0.3 is 5.97 Å². The predicted octanol–water partition coefficient (Wildman–Crippen LogP) is 3.56. The number of hydrogen-bond acceptors (Lipinski definition) is 4. The van der Waals surface area contributed by atoms with Crippen molar-refractivity contribution in [1.29, 1.82) is 5.26 Å². The number of rotatable bonds is 6. The van der Waals surface area contributed by atoms with Gasteiger partial charge in [0.25, 0.3) is 0 Å². The number of unbranched alkanes of at least 4 members (excludes halogenated alkanes) is 1. The van der Waals surface area contributed by atoms with E-state index in [2.05, 4.69) is 0 Å². The summed E-state index contributed by atoms with van der Waals surface area (Å²) in [7, 11) is 1.61. The van der Waals surface area contributed by atoms with E-state index in [-0.39, 0.29) is 5.57 Å². The van der Waals surface area contributed by atoms with Crippen LogP contribution in [0.25, 0.3) is 6.08 Å². The number of carbonyl (C=O) groups excluding carboxylic acids is 1. The van der Waals surface area contributed by atoms with Gasteiger partial charge in [0.05, 0.1) is 13.7 Å². The highest BCUT2D eigenvalue weighted by Crippen LogP contribution is 2.25. The minimum atomic E-state index is -0.571. The Morgan fingerprint density at radius 1 is 1.33 bits per heavy atom. The summed E-state index contributed by atoms with van der Waals surface area (Å²) < 4.78 is 10.3. The van der Waals surface area contributed by atoms with E-state index in [0.29, 0.717) is 6.61 Å². The fraction of sp³-hybridized carbons (Fsp3) is 0.412. The van der Waals surface area contributed by atoms with E-state index >= 15 is 0 Å². The Kier molecular flexibility index (Phi) is 6.48. The molecule has 0 aliphatic heterocycles. The van der Waals surface area contributed by atoms with Crippen molar-refractivity contribution >= 4 is 12.0 Å². The summed E-state index contributed by atoms with van der Waals surface area (Å²) in [5.74, 6) is 0.215. The molecule has 0 heterocycles. The van der Waals surface area contributed by atoms with E-state index in [0.717, 1.165) is 35.3 Å². The molecule has 0 atom stereocenters. The van der Waals surface area contributed by atoms with Gasteiger partial charge < -0.3 is 9.47 Å². The van der Waals surface area contributed by atoms with Crippen molar-refractivity contribution in [1.82, 2.24) is 0 Å².